The third-order valence-electron chi connectivity index (χ3n) is 4.15. The van der Waals surface area contributed by atoms with Crippen molar-refractivity contribution >= 4 is 35.0 Å². The summed E-state index contributed by atoms with van der Waals surface area (Å²) in [4.78, 5) is 17.2. The van der Waals surface area contributed by atoms with Gasteiger partial charge < -0.3 is 14.6 Å². The van der Waals surface area contributed by atoms with Gasteiger partial charge in [-0.2, -0.15) is 0 Å². The number of hydrogen-bond acceptors (Lipinski definition) is 4. The van der Waals surface area contributed by atoms with E-state index in [1.54, 1.807) is 30.0 Å². The molecule has 0 fully saturated rings. The summed E-state index contributed by atoms with van der Waals surface area (Å²) in [6, 6.07) is 12.6. The molecule has 5 nitrogen and oxygen atoms in total. The van der Waals surface area contributed by atoms with Crippen LogP contribution in [0.15, 0.2) is 53.8 Å². The minimum absolute atomic E-state index is 0.269. The number of carbonyl (C=O) groups excluding carboxylic acids is 1. The SMILES string of the molecule is COc1ccc(Cl)cc1C(=O)Nc1ccc(-c2cn3c(n2)SCC3)cc1. The number of nitrogens with zero attached hydrogens (tertiary/aromatic N) is 2. The number of rotatable bonds is 4. The molecule has 0 saturated carbocycles. The number of thioether (sulfide) groups is 1. The molecule has 1 aliphatic heterocycles. The summed E-state index contributed by atoms with van der Waals surface area (Å²) in [5.74, 6) is 1.30. The lowest BCUT2D eigenvalue weighted by atomic mass is 10.1. The second kappa shape index (κ2) is 7.05. The molecule has 0 saturated heterocycles. The molecule has 3 aromatic rings. The lowest BCUT2D eigenvalue weighted by Gasteiger charge is -2.10. The normalized spacial score (nSPS) is 12.7. The van der Waals surface area contributed by atoms with E-state index >= 15 is 0 Å². The molecule has 0 unspecified atom stereocenters. The maximum absolute atomic E-state index is 12.5. The Balaban J connectivity index is 1.52. The molecule has 0 aliphatic carbocycles. The predicted octanol–water partition coefficient (Wildman–Crippen LogP) is 4.57. The van der Waals surface area contributed by atoms with Gasteiger partial charge in [0.05, 0.1) is 18.4 Å². The van der Waals surface area contributed by atoms with Gasteiger partial charge in [0.2, 0.25) is 0 Å². The molecule has 7 heteroatoms. The Morgan fingerprint density at radius 2 is 2.08 bits per heavy atom. The zero-order valence-corrected chi connectivity index (χ0v) is 15.6. The second-order valence-electron chi connectivity index (χ2n) is 5.83. The molecule has 2 aromatic carbocycles. The summed E-state index contributed by atoms with van der Waals surface area (Å²) in [5.41, 5.74) is 3.06. The Bertz CT molecular complexity index is 948. The van der Waals surface area contributed by atoms with Gasteiger partial charge in [-0.05, 0) is 30.3 Å². The van der Waals surface area contributed by atoms with Crippen LogP contribution in [0.3, 0.4) is 0 Å². The van der Waals surface area contributed by atoms with Gasteiger partial charge in [0.25, 0.3) is 5.91 Å². The molecular formula is C19H16ClN3O2S. The lowest BCUT2D eigenvalue weighted by molar-refractivity contribution is 0.102. The predicted molar refractivity (Wildman–Crippen MR) is 104 cm³/mol. The van der Waals surface area contributed by atoms with Crippen LogP contribution in [0.25, 0.3) is 11.3 Å². The van der Waals surface area contributed by atoms with E-state index in [4.69, 9.17) is 16.3 Å². The molecule has 4 rings (SSSR count). The van der Waals surface area contributed by atoms with Crippen molar-refractivity contribution in [3.8, 4) is 17.0 Å². The summed E-state index contributed by atoms with van der Waals surface area (Å²) in [6.07, 6.45) is 2.07. The number of nitrogens with one attached hydrogen (secondary N) is 1. The maximum atomic E-state index is 12.5. The van der Waals surface area contributed by atoms with E-state index < -0.39 is 0 Å². The van der Waals surface area contributed by atoms with Crippen LogP contribution >= 0.6 is 23.4 Å². The van der Waals surface area contributed by atoms with E-state index in [2.05, 4.69) is 21.1 Å². The van der Waals surface area contributed by atoms with Gasteiger partial charge in [-0.3, -0.25) is 4.79 Å². The summed E-state index contributed by atoms with van der Waals surface area (Å²) >= 11 is 7.76. The topological polar surface area (TPSA) is 56.1 Å². The van der Waals surface area contributed by atoms with Gasteiger partial charge in [-0.15, -0.1) is 0 Å². The Morgan fingerprint density at radius 3 is 2.81 bits per heavy atom. The molecular weight excluding hydrogens is 370 g/mol. The highest BCUT2D eigenvalue weighted by atomic mass is 35.5. The third kappa shape index (κ3) is 3.30. The van der Waals surface area contributed by atoms with Crippen LogP contribution in [0.2, 0.25) is 5.02 Å². The Labute approximate surface area is 160 Å². The average Bonchev–Trinajstić information content (AvgIpc) is 3.24. The van der Waals surface area contributed by atoms with Crippen molar-refractivity contribution in [3.05, 3.63) is 59.2 Å². The molecule has 0 bridgehead atoms. The fraction of sp³-hybridized carbons (Fsp3) is 0.158. The standard InChI is InChI=1S/C19H16ClN3O2S/c1-25-17-7-4-13(20)10-15(17)18(24)21-14-5-2-12(3-6-14)16-11-23-8-9-26-19(23)22-16/h2-7,10-11H,8-9H2,1H3,(H,21,24). The largest absolute Gasteiger partial charge is 0.496 e. The fourth-order valence-corrected chi connectivity index (χ4v) is 3.94. The van der Waals surface area contributed by atoms with E-state index in [1.165, 1.54) is 7.11 Å². The Kier molecular flexibility index (Phi) is 4.61. The van der Waals surface area contributed by atoms with Gasteiger partial charge in [-0.25, -0.2) is 4.98 Å². The number of carbonyl (C=O) groups is 1. The van der Waals surface area contributed by atoms with Gasteiger partial charge in [-0.1, -0.05) is 35.5 Å². The van der Waals surface area contributed by atoms with E-state index in [1.807, 2.05) is 24.3 Å². The van der Waals surface area contributed by atoms with Gasteiger partial charge in [0, 0.05) is 34.8 Å². The smallest absolute Gasteiger partial charge is 0.259 e. The van der Waals surface area contributed by atoms with Crippen molar-refractivity contribution in [2.24, 2.45) is 0 Å². The van der Waals surface area contributed by atoms with Crippen LogP contribution in [0.1, 0.15) is 10.4 Å². The number of aromatic nitrogens is 2. The van der Waals surface area contributed by atoms with Gasteiger partial charge >= 0.3 is 0 Å². The maximum Gasteiger partial charge on any atom is 0.259 e. The van der Waals surface area contributed by atoms with Crippen molar-refractivity contribution in [2.75, 3.05) is 18.2 Å². The minimum atomic E-state index is -0.269. The number of methoxy groups -OCH3 is 1. The first-order chi connectivity index (χ1) is 12.6. The molecule has 2 heterocycles. The van der Waals surface area contributed by atoms with Gasteiger partial charge in [0.1, 0.15) is 5.75 Å². The van der Waals surface area contributed by atoms with Crippen LogP contribution in [0.4, 0.5) is 5.69 Å². The van der Waals surface area contributed by atoms with Crippen LogP contribution < -0.4 is 10.1 Å². The van der Waals surface area contributed by atoms with Crippen LogP contribution in [-0.4, -0.2) is 28.3 Å². The van der Waals surface area contributed by atoms with E-state index in [-0.39, 0.29) is 5.91 Å². The number of fused-ring (bicyclic) bond motifs is 1. The number of anilines is 1. The molecule has 1 aromatic heterocycles. The number of ether oxygens (including phenoxy) is 1. The average molecular weight is 386 g/mol. The van der Waals surface area contributed by atoms with Crippen molar-refractivity contribution in [1.82, 2.24) is 9.55 Å². The highest BCUT2D eigenvalue weighted by Crippen LogP contribution is 2.29. The quantitative estimate of drug-likeness (QED) is 0.714. The number of aryl methyl sites for hydroxylation is 1. The number of imidazole rings is 1. The number of amides is 1. The van der Waals surface area contributed by atoms with Crippen molar-refractivity contribution < 1.29 is 9.53 Å². The molecule has 0 atom stereocenters. The highest BCUT2D eigenvalue weighted by molar-refractivity contribution is 7.99. The zero-order chi connectivity index (χ0) is 18.1. The molecule has 132 valence electrons. The third-order valence-corrected chi connectivity index (χ3v) is 5.35. The molecule has 26 heavy (non-hydrogen) atoms. The first kappa shape index (κ1) is 17.0. The highest BCUT2D eigenvalue weighted by Gasteiger charge is 2.16. The monoisotopic (exact) mass is 385 g/mol. The summed E-state index contributed by atoms with van der Waals surface area (Å²) in [5, 5.41) is 4.41. The fourth-order valence-electron chi connectivity index (χ4n) is 2.83. The van der Waals surface area contributed by atoms with Crippen molar-refractivity contribution in [2.45, 2.75) is 11.7 Å². The lowest BCUT2D eigenvalue weighted by Crippen LogP contribution is -2.13. The summed E-state index contributed by atoms with van der Waals surface area (Å²) in [6.45, 7) is 1.00. The summed E-state index contributed by atoms with van der Waals surface area (Å²) in [7, 11) is 1.52. The van der Waals surface area contributed by atoms with E-state index in [0.29, 0.717) is 22.0 Å². The number of halogens is 1. The second-order valence-corrected chi connectivity index (χ2v) is 7.33. The van der Waals surface area contributed by atoms with E-state index in [0.717, 1.165) is 28.7 Å². The Hall–Kier alpha value is -2.44. The van der Waals surface area contributed by atoms with Crippen LogP contribution in [0.5, 0.6) is 5.75 Å². The Morgan fingerprint density at radius 1 is 1.27 bits per heavy atom. The molecule has 1 aliphatic rings. The first-order valence-corrected chi connectivity index (χ1v) is 9.46. The zero-order valence-electron chi connectivity index (χ0n) is 14.0. The van der Waals surface area contributed by atoms with E-state index in [9.17, 15) is 4.79 Å². The van der Waals surface area contributed by atoms with Crippen molar-refractivity contribution in [3.63, 3.8) is 0 Å². The number of benzene rings is 2. The van der Waals surface area contributed by atoms with Gasteiger partial charge in [0.15, 0.2) is 5.16 Å². The minimum Gasteiger partial charge on any atom is -0.496 e. The molecule has 1 N–H and O–H groups in total. The van der Waals surface area contributed by atoms with Crippen molar-refractivity contribution in [1.29, 1.82) is 0 Å². The van der Waals surface area contributed by atoms with Crippen LogP contribution in [-0.2, 0) is 6.54 Å². The molecule has 0 spiro atoms. The first-order valence-electron chi connectivity index (χ1n) is 8.09. The molecule has 0 radical (unpaired) electrons. The molecule has 1 amide bonds. The number of hydrogen-bond donors (Lipinski definition) is 1. The van der Waals surface area contributed by atoms with Crippen LogP contribution in [0, 0.1) is 0 Å². The summed E-state index contributed by atoms with van der Waals surface area (Å²) < 4.78 is 7.40.